The van der Waals surface area contributed by atoms with Crippen LogP contribution < -0.4 is 10.1 Å². The maximum Gasteiger partial charge on any atom is 0.132 e. The maximum atomic E-state index is 6.08. The Balaban J connectivity index is 1.45. The largest absolute Gasteiger partial charge is 0.457 e. The summed E-state index contributed by atoms with van der Waals surface area (Å²) < 4.78 is 6.08. The number of benzene rings is 2. The van der Waals surface area contributed by atoms with E-state index in [0.29, 0.717) is 6.04 Å². The van der Waals surface area contributed by atoms with Gasteiger partial charge in [0.05, 0.1) is 6.04 Å². The number of rotatable bonds is 6. The molecule has 1 aromatic heterocycles. The smallest absolute Gasteiger partial charge is 0.132 e. The summed E-state index contributed by atoms with van der Waals surface area (Å²) in [5.74, 6) is 1.90. The van der Waals surface area contributed by atoms with Crippen LogP contribution in [0, 0.1) is 0 Å². The van der Waals surface area contributed by atoms with Gasteiger partial charge in [-0.25, -0.2) is 0 Å². The Morgan fingerprint density at radius 3 is 2.23 bits per heavy atom. The fourth-order valence-electron chi connectivity index (χ4n) is 3.59. The van der Waals surface area contributed by atoms with E-state index in [-0.39, 0.29) is 6.04 Å². The third-order valence-electron chi connectivity index (χ3n) is 4.93. The highest BCUT2D eigenvalue weighted by Crippen LogP contribution is 2.42. The van der Waals surface area contributed by atoms with E-state index in [2.05, 4.69) is 53.6 Å². The lowest BCUT2D eigenvalue weighted by Gasteiger charge is -2.31. The van der Waals surface area contributed by atoms with Gasteiger partial charge in [-0.15, -0.1) is 0 Å². The Morgan fingerprint density at radius 1 is 0.923 bits per heavy atom. The molecule has 0 bridgehead atoms. The molecule has 3 heteroatoms. The Kier molecular flexibility index (Phi) is 4.98. The number of hydrogen-bond donors (Lipinski definition) is 1. The standard InChI is InChI=1S/C23H24N2O/c1-17(9-8-11-18-10-6-7-16-24-18)25-23-19-12-2-4-14-21(19)26-22-15-5-3-13-20(22)23/h2-7,10,12-17,23,25H,8-9,11H2,1H3. The van der Waals surface area contributed by atoms with Gasteiger partial charge in [0, 0.05) is 29.1 Å². The van der Waals surface area contributed by atoms with Crippen LogP contribution in [0.2, 0.25) is 0 Å². The first-order valence-electron chi connectivity index (χ1n) is 9.33. The van der Waals surface area contributed by atoms with E-state index in [4.69, 9.17) is 4.74 Å². The summed E-state index contributed by atoms with van der Waals surface area (Å²) in [5, 5.41) is 3.82. The first-order chi connectivity index (χ1) is 12.8. The van der Waals surface area contributed by atoms with E-state index in [1.54, 1.807) is 0 Å². The Morgan fingerprint density at radius 2 is 1.58 bits per heavy atom. The molecule has 26 heavy (non-hydrogen) atoms. The van der Waals surface area contributed by atoms with Crippen LogP contribution in [0.1, 0.15) is 42.6 Å². The molecule has 2 heterocycles. The summed E-state index contributed by atoms with van der Waals surface area (Å²) in [5.41, 5.74) is 3.59. The van der Waals surface area contributed by atoms with Crippen LogP contribution >= 0.6 is 0 Å². The lowest BCUT2D eigenvalue weighted by atomic mass is 9.93. The highest BCUT2D eigenvalue weighted by Gasteiger charge is 2.27. The second kappa shape index (κ2) is 7.71. The molecule has 1 aliphatic heterocycles. The van der Waals surface area contributed by atoms with Crippen LogP contribution in [0.3, 0.4) is 0 Å². The first-order valence-corrected chi connectivity index (χ1v) is 9.33. The number of hydrogen-bond acceptors (Lipinski definition) is 3. The van der Waals surface area contributed by atoms with Gasteiger partial charge in [0.1, 0.15) is 11.5 Å². The number of pyridine rings is 1. The molecule has 4 rings (SSSR count). The van der Waals surface area contributed by atoms with Crippen molar-refractivity contribution in [2.75, 3.05) is 0 Å². The molecule has 0 radical (unpaired) electrons. The zero-order chi connectivity index (χ0) is 17.8. The third-order valence-corrected chi connectivity index (χ3v) is 4.93. The van der Waals surface area contributed by atoms with Crippen molar-refractivity contribution in [1.82, 2.24) is 10.3 Å². The molecule has 0 aliphatic carbocycles. The minimum atomic E-state index is 0.168. The second-order valence-corrected chi connectivity index (χ2v) is 6.89. The maximum absolute atomic E-state index is 6.08. The summed E-state index contributed by atoms with van der Waals surface area (Å²) in [6.07, 6.45) is 5.12. The van der Waals surface area contributed by atoms with Gasteiger partial charge in [-0.2, -0.15) is 0 Å². The molecule has 2 aromatic carbocycles. The van der Waals surface area contributed by atoms with Crippen molar-refractivity contribution in [3.63, 3.8) is 0 Å². The van der Waals surface area contributed by atoms with E-state index < -0.39 is 0 Å². The number of aryl methyl sites for hydroxylation is 1. The van der Waals surface area contributed by atoms with Gasteiger partial charge < -0.3 is 10.1 Å². The summed E-state index contributed by atoms with van der Waals surface area (Å²) in [4.78, 5) is 4.41. The Hall–Kier alpha value is -2.65. The molecule has 1 N–H and O–H groups in total. The fraction of sp³-hybridized carbons (Fsp3) is 0.261. The van der Waals surface area contributed by atoms with Crippen molar-refractivity contribution >= 4 is 0 Å². The van der Waals surface area contributed by atoms with E-state index >= 15 is 0 Å². The van der Waals surface area contributed by atoms with Gasteiger partial charge in [-0.3, -0.25) is 4.98 Å². The minimum Gasteiger partial charge on any atom is -0.457 e. The number of nitrogens with one attached hydrogen (secondary N) is 1. The number of aromatic nitrogens is 1. The number of para-hydroxylation sites is 2. The second-order valence-electron chi connectivity index (χ2n) is 6.89. The average Bonchev–Trinajstić information content (AvgIpc) is 2.68. The van der Waals surface area contributed by atoms with E-state index in [1.165, 1.54) is 16.8 Å². The predicted molar refractivity (Wildman–Crippen MR) is 105 cm³/mol. The normalized spacial score (nSPS) is 14.2. The topological polar surface area (TPSA) is 34.2 Å². The number of ether oxygens (including phenoxy) is 1. The first kappa shape index (κ1) is 16.8. The van der Waals surface area contributed by atoms with Crippen LogP contribution in [0.5, 0.6) is 11.5 Å². The third kappa shape index (κ3) is 3.63. The highest BCUT2D eigenvalue weighted by atomic mass is 16.5. The van der Waals surface area contributed by atoms with Crippen molar-refractivity contribution in [3.8, 4) is 11.5 Å². The van der Waals surface area contributed by atoms with Crippen molar-refractivity contribution in [1.29, 1.82) is 0 Å². The number of fused-ring (bicyclic) bond motifs is 2. The molecule has 132 valence electrons. The van der Waals surface area contributed by atoms with Crippen molar-refractivity contribution < 1.29 is 4.74 Å². The quantitative estimate of drug-likeness (QED) is 0.661. The van der Waals surface area contributed by atoms with Gasteiger partial charge >= 0.3 is 0 Å². The zero-order valence-electron chi connectivity index (χ0n) is 15.1. The molecule has 0 fully saturated rings. The lowest BCUT2D eigenvalue weighted by Crippen LogP contribution is -2.33. The summed E-state index contributed by atoms with van der Waals surface area (Å²) in [6, 6.07) is 23.3. The number of nitrogens with zero attached hydrogens (tertiary/aromatic N) is 1. The molecule has 0 amide bonds. The lowest BCUT2D eigenvalue weighted by molar-refractivity contribution is 0.400. The predicted octanol–water partition coefficient (Wildman–Crippen LogP) is 5.28. The summed E-state index contributed by atoms with van der Waals surface area (Å²) >= 11 is 0. The van der Waals surface area contributed by atoms with Gasteiger partial charge in [0.2, 0.25) is 0 Å². The zero-order valence-corrected chi connectivity index (χ0v) is 15.1. The summed E-state index contributed by atoms with van der Waals surface area (Å²) in [7, 11) is 0. The van der Waals surface area contributed by atoms with Crippen molar-refractivity contribution in [2.45, 2.75) is 38.3 Å². The molecule has 0 saturated carbocycles. The van der Waals surface area contributed by atoms with Gasteiger partial charge in [-0.05, 0) is 50.5 Å². The highest BCUT2D eigenvalue weighted by molar-refractivity contribution is 5.52. The Labute approximate surface area is 155 Å². The minimum absolute atomic E-state index is 0.168. The van der Waals surface area contributed by atoms with E-state index in [9.17, 15) is 0 Å². The van der Waals surface area contributed by atoms with Gasteiger partial charge in [0.15, 0.2) is 0 Å². The van der Waals surface area contributed by atoms with Crippen LogP contribution in [0.25, 0.3) is 0 Å². The van der Waals surface area contributed by atoms with Crippen LogP contribution in [0.4, 0.5) is 0 Å². The molecule has 1 aliphatic rings. The van der Waals surface area contributed by atoms with E-state index in [0.717, 1.165) is 30.8 Å². The molecule has 1 atom stereocenters. The van der Waals surface area contributed by atoms with Gasteiger partial charge in [0.25, 0.3) is 0 Å². The van der Waals surface area contributed by atoms with Crippen molar-refractivity contribution in [2.24, 2.45) is 0 Å². The van der Waals surface area contributed by atoms with Crippen LogP contribution in [-0.2, 0) is 6.42 Å². The van der Waals surface area contributed by atoms with Crippen LogP contribution in [0.15, 0.2) is 72.9 Å². The van der Waals surface area contributed by atoms with Crippen molar-refractivity contribution in [3.05, 3.63) is 89.7 Å². The van der Waals surface area contributed by atoms with E-state index in [1.807, 2.05) is 36.5 Å². The molecule has 3 nitrogen and oxygen atoms in total. The molecular formula is C23H24N2O. The SMILES string of the molecule is CC(CCCc1ccccn1)NC1c2ccccc2Oc2ccccc21. The molecule has 3 aromatic rings. The van der Waals surface area contributed by atoms with Crippen LogP contribution in [-0.4, -0.2) is 11.0 Å². The molecular weight excluding hydrogens is 320 g/mol. The molecule has 1 unspecified atom stereocenters. The monoisotopic (exact) mass is 344 g/mol. The molecule has 0 spiro atoms. The average molecular weight is 344 g/mol. The Bertz CT molecular complexity index is 817. The summed E-state index contributed by atoms with van der Waals surface area (Å²) in [6.45, 7) is 2.26. The fourth-order valence-corrected chi connectivity index (χ4v) is 3.59. The van der Waals surface area contributed by atoms with Gasteiger partial charge in [-0.1, -0.05) is 42.5 Å². The molecule has 0 saturated heterocycles.